The summed E-state index contributed by atoms with van der Waals surface area (Å²) in [6.45, 7) is 0. The third kappa shape index (κ3) is 3.43. The van der Waals surface area contributed by atoms with Gasteiger partial charge in [0, 0.05) is 16.5 Å². The lowest BCUT2D eigenvalue weighted by atomic mass is 10.2. The molecule has 0 spiro atoms. The first-order chi connectivity index (χ1) is 9.10. The Morgan fingerprint density at radius 2 is 1.89 bits per heavy atom. The molecule has 0 aliphatic rings. The summed E-state index contributed by atoms with van der Waals surface area (Å²) >= 11 is 7.55. The zero-order chi connectivity index (χ0) is 13.8. The highest BCUT2D eigenvalue weighted by Crippen LogP contribution is 2.26. The minimum absolute atomic E-state index is 0.0623. The van der Waals surface area contributed by atoms with E-state index in [0.29, 0.717) is 16.3 Å². The van der Waals surface area contributed by atoms with Gasteiger partial charge in [-0.25, -0.2) is 0 Å². The molecule has 0 fully saturated rings. The van der Waals surface area contributed by atoms with E-state index in [4.69, 9.17) is 11.6 Å². The fourth-order valence-corrected chi connectivity index (χ4v) is 2.17. The summed E-state index contributed by atoms with van der Waals surface area (Å²) in [5.41, 5.74) is 1.03. The average Bonchev–Trinajstić information content (AvgIpc) is 2.42. The van der Waals surface area contributed by atoms with E-state index in [9.17, 15) is 9.90 Å². The van der Waals surface area contributed by atoms with Gasteiger partial charge in [0.1, 0.15) is 5.75 Å². The van der Waals surface area contributed by atoms with Crippen molar-refractivity contribution in [1.29, 1.82) is 0 Å². The van der Waals surface area contributed by atoms with E-state index < -0.39 is 0 Å². The third-order valence-corrected chi connectivity index (χ3v) is 3.61. The fraction of sp³-hybridized carbons (Fsp3) is 0.0714. The second-order valence-electron chi connectivity index (χ2n) is 3.85. The monoisotopic (exact) mass is 293 g/mol. The standard InChI is InChI=1S/C14H12ClNO2S/c1-19-11-5-2-9(3-6-11)14(18)16-13-7-4-10(17)8-12(13)15/h2-8,17H,1H3,(H,16,18). The molecule has 0 heterocycles. The van der Waals surface area contributed by atoms with E-state index in [1.54, 1.807) is 30.0 Å². The minimum atomic E-state index is -0.236. The van der Waals surface area contributed by atoms with E-state index in [-0.39, 0.29) is 11.7 Å². The molecule has 0 bridgehead atoms. The highest BCUT2D eigenvalue weighted by molar-refractivity contribution is 7.98. The van der Waals surface area contributed by atoms with Gasteiger partial charge < -0.3 is 10.4 Å². The fourth-order valence-electron chi connectivity index (χ4n) is 1.54. The van der Waals surface area contributed by atoms with Crippen molar-refractivity contribution < 1.29 is 9.90 Å². The summed E-state index contributed by atoms with van der Waals surface area (Å²) in [5.74, 6) is -0.174. The second kappa shape index (κ2) is 5.99. The van der Waals surface area contributed by atoms with E-state index >= 15 is 0 Å². The first-order valence-electron chi connectivity index (χ1n) is 5.54. The Labute approximate surface area is 120 Å². The van der Waals surface area contributed by atoms with Gasteiger partial charge in [-0.15, -0.1) is 11.8 Å². The van der Waals surface area contributed by atoms with Crippen LogP contribution in [0.5, 0.6) is 5.75 Å². The third-order valence-electron chi connectivity index (χ3n) is 2.55. The number of benzene rings is 2. The largest absolute Gasteiger partial charge is 0.508 e. The highest BCUT2D eigenvalue weighted by Gasteiger charge is 2.08. The molecule has 0 saturated carbocycles. The van der Waals surface area contributed by atoms with Gasteiger partial charge in [0.2, 0.25) is 0 Å². The zero-order valence-electron chi connectivity index (χ0n) is 10.2. The summed E-state index contributed by atoms with van der Waals surface area (Å²) in [6.07, 6.45) is 1.98. The van der Waals surface area contributed by atoms with Crippen LogP contribution in [0, 0.1) is 0 Å². The molecule has 5 heteroatoms. The zero-order valence-corrected chi connectivity index (χ0v) is 11.8. The molecular weight excluding hydrogens is 282 g/mol. The number of hydrogen-bond acceptors (Lipinski definition) is 3. The highest BCUT2D eigenvalue weighted by atomic mass is 35.5. The molecule has 2 aromatic carbocycles. The van der Waals surface area contributed by atoms with Gasteiger partial charge in [-0.3, -0.25) is 4.79 Å². The van der Waals surface area contributed by atoms with Crippen molar-refractivity contribution in [1.82, 2.24) is 0 Å². The van der Waals surface area contributed by atoms with E-state index in [2.05, 4.69) is 5.32 Å². The maximum Gasteiger partial charge on any atom is 0.255 e. The quantitative estimate of drug-likeness (QED) is 0.664. The van der Waals surface area contributed by atoms with Crippen molar-refractivity contribution in [3.8, 4) is 5.75 Å². The summed E-state index contributed by atoms with van der Waals surface area (Å²) in [5, 5.41) is 12.2. The lowest BCUT2D eigenvalue weighted by Gasteiger charge is -2.08. The molecule has 2 N–H and O–H groups in total. The Morgan fingerprint density at radius 1 is 1.21 bits per heavy atom. The molecule has 0 atom stereocenters. The van der Waals surface area contributed by atoms with E-state index in [1.165, 1.54) is 12.1 Å². The van der Waals surface area contributed by atoms with Crippen LogP contribution in [0.3, 0.4) is 0 Å². The topological polar surface area (TPSA) is 49.3 Å². The Morgan fingerprint density at radius 3 is 2.47 bits per heavy atom. The van der Waals surface area contributed by atoms with Crippen LogP contribution >= 0.6 is 23.4 Å². The van der Waals surface area contributed by atoms with Gasteiger partial charge in [0.15, 0.2) is 0 Å². The molecular formula is C14H12ClNO2S. The molecule has 19 heavy (non-hydrogen) atoms. The maximum absolute atomic E-state index is 12.0. The van der Waals surface area contributed by atoms with Crippen LogP contribution in [0.4, 0.5) is 5.69 Å². The molecule has 0 aliphatic heterocycles. The Kier molecular flexibility index (Phi) is 4.35. The smallest absolute Gasteiger partial charge is 0.255 e. The Hall–Kier alpha value is -1.65. The maximum atomic E-state index is 12.0. The normalized spacial score (nSPS) is 10.2. The van der Waals surface area contributed by atoms with Crippen LogP contribution in [0.25, 0.3) is 0 Å². The first-order valence-corrected chi connectivity index (χ1v) is 7.14. The van der Waals surface area contributed by atoms with Crippen molar-refractivity contribution >= 4 is 35.0 Å². The predicted octanol–water partition coefficient (Wildman–Crippen LogP) is 4.02. The Balaban J connectivity index is 2.15. The van der Waals surface area contributed by atoms with Gasteiger partial charge in [-0.05, 0) is 42.7 Å². The minimum Gasteiger partial charge on any atom is -0.508 e. The number of rotatable bonds is 3. The lowest BCUT2D eigenvalue weighted by molar-refractivity contribution is 0.102. The van der Waals surface area contributed by atoms with Gasteiger partial charge in [-0.2, -0.15) is 0 Å². The van der Waals surface area contributed by atoms with Crippen molar-refractivity contribution in [3.05, 3.63) is 53.1 Å². The first kappa shape index (κ1) is 13.8. The van der Waals surface area contributed by atoms with Gasteiger partial charge >= 0.3 is 0 Å². The molecule has 0 unspecified atom stereocenters. The van der Waals surface area contributed by atoms with Crippen LogP contribution < -0.4 is 5.32 Å². The van der Waals surface area contributed by atoms with Gasteiger partial charge in [0.25, 0.3) is 5.91 Å². The predicted molar refractivity (Wildman–Crippen MR) is 79.3 cm³/mol. The molecule has 0 aliphatic carbocycles. The van der Waals surface area contributed by atoms with E-state index in [0.717, 1.165) is 4.90 Å². The summed E-state index contributed by atoms with van der Waals surface area (Å²) in [7, 11) is 0. The lowest BCUT2D eigenvalue weighted by Crippen LogP contribution is -2.11. The number of carbonyl (C=O) groups excluding carboxylic acids is 1. The van der Waals surface area contributed by atoms with E-state index in [1.807, 2.05) is 18.4 Å². The van der Waals surface area contributed by atoms with Crippen molar-refractivity contribution in [2.24, 2.45) is 0 Å². The molecule has 1 amide bonds. The number of amides is 1. The van der Waals surface area contributed by atoms with Gasteiger partial charge in [0.05, 0.1) is 10.7 Å². The molecule has 3 nitrogen and oxygen atoms in total. The summed E-state index contributed by atoms with van der Waals surface area (Å²) in [4.78, 5) is 13.1. The number of nitrogens with one attached hydrogen (secondary N) is 1. The van der Waals surface area contributed by atoms with Crippen molar-refractivity contribution in [3.63, 3.8) is 0 Å². The number of thioether (sulfide) groups is 1. The van der Waals surface area contributed by atoms with Crippen LogP contribution in [0.2, 0.25) is 5.02 Å². The number of carbonyl (C=O) groups is 1. The van der Waals surface area contributed by atoms with Crippen LogP contribution in [-0.4, -0.2) is 17.3 Å². The number of phenols is 1. The van der Waals surface area contributed by atoms with Crippen molar-refractivity contribution in [2.45, 2.75) is 4.90 Å². The molecule has 2 rings (SSSR count). The molecule has 0 aromatic heterocycles. The number of phenolic OH excluding ortho intramolecular Hbond substituents is 1. The molecule has 0 saturated heterocycles. The van der Waals surface area contributed by atoms with Crippen molar-refractivity contribution in [2.75, 3.05) is 11.6 Å². The number of hydrogen-bond donors (Lipinski definition) is 2. The number of anilines is 1. The molecule has 98 valence electrons. The molecule has 2 aromatic rings. The molecule has 0 radical (unpaired) electrons. The SMILES string of the molecule is CSc1ccc(C(=O)Nc2ccc(O)cc2Cl)cc1. The average molecular weight is 294 g/mol. The Bertz CT molecular complexity index is 599. The van der Waals surface area contributed by atoms with Crippen LogP contribution in [-0.2, 0) is 0 Å². The van der Waals surface area contributed by atoms with Gasteiger partial charge in [-0.1, -0.05) is 11.6 Å². The summed E-state index contributed by atoms with van der Waals surface area (Å²) in [6, 6.07) is 11.7. The van der Waals surface area contributed by atoms with Crippen LogP contribution in [0.15, 0.2) is 47.4 Å². The second-order valence-corrected chi connectivity index (χ2v) is 5.13. The van der Waals surface area contributed by atoms with Crippen LogP contribution in [0.1, 0.15) is 10.4 Å². The summed E-state index contributed by atoms with van der Waals surface area (Å²) < 4.78 is 0. The number of aromatic hydroxyl groups is 1. The number of halogens is 1.